The summed E-state index contributed by atoms with van der Waals surface area (Å²) >= 11 is 1.52. The molecule has 2 amide bonds. The predicted molar refractivity (Wildman–Crippen MR) is 315 cm³/mol. The summed E-state index contributed by atoms with van der Waals surface area (Å²) in [7, 11) is 4.61. The minimum Gasteiger partial charge on any atom is -0.401 e. The van der Waals surface area contributed by atoms with Gasteiger partial charge in [0.2, 0.25) is 11.8 Å². The maximum atomic E-state index is 12.0. The second-order valence-electron chi connectivity index (χ2n) is 16.5. The molecule has 3 aromatic rings. The number of likely N-dealkylation sites (tertiary alicyclic amines) is 1. The number of amides is 2. The van der Waals surface area contributed by atoms with E-state index in [4.69, 9.17) is 49.8 Å². The monoisotopic (exact) mass is 1150 g/mol. The minimum atomic E-state index is -1.73. The molecule has 3 heterocycles. The van der Waals surface area contributed by atoms with Crippen LogP contribution in [0.2, 0.25) is 0 Å². The van der Waals surface area contributed by atoms with Gasteiger partial charge < -0.3 is 73.3 Å². The van der Waals surface area contributed by atoms with Crippen molar-refractivity contribution >= 4 is 50.4 Å². The molecule has 2 aromatic carbocycles. The molecule has 0 aliphatic carbocycles. The second-order valence-corrected chi connectivity index (χ2v) is 18.9. The number of fused-ring (bicyclic) bond motifs is 5. The van der Waals surface area contributed by atoms with E-state index >= 15 is 0 Å². The van der Waals surface area contributed by atoms with Gasteiger partial charge in [-0.25, -0.2) is 10.5 Å². The number of hydrazine groups is 1. The average molecular weight is 1150 g/mol. The minimum absolute atomic E-state index is 0.161. The number of unbranched alkanes of at least 4 members (excludes halogenated alkanes) is 3. The molecule has 1 aromatic heterocycles. The van der Waals surface area contributed by atoms with Crippen LogP contribution in [0.5, 0.6) is 0 Å². The van der Waals surface area contributed by atoms with Gasteiger partial charge in [0, 0.05) is 88.9 Å². The number of rotatable bonds is 36. The van der Waals surface area contributed by atoms with Crippen molar-refractivity contribution in [1.29, 1.82) is 0 Å². The summed E-state index contributed by atoms with van der Waals surface area (Å²) in [5, 5.41) is 20.2. The van der Waals surface area contributed by atoms with Gasteiger partial charge in [-0.3, -0.25) is 14.5 Å². The number of para-hydroxylation sites is 1. The number of imide groups is 1. The number of aliphatic hydroxyl groups is 1. The quantitative estimate of drug-likeness (QED) is 0.0106. The third-order valence-corrected chi connectivity index (χ3v) is 13.1. The number of benzene rings is 2. The van der Waals surface area contributed by atoms with E-state index in [1.54, 1.807) is 6.20 Å². The van der Waals surface area contributed by atoms with Crippen LogP contribution in [-0.2, 0) is 65.0 Å². The summed E-state index contributed by atoms with van der Waals surface area (Å²) < 4.78 is 39.7. The molecule has 7 N–H and O–H groups in total. The molecular formula is C55H96N9O13PS. The molecule has 1 saturated heterocycles. The Morgan fingerprint density at radius 2 is 1.38 bits per heavy atom. The maximum absolute atomic E-state index is 12.0. The highest BCUT2D eigenvalue weighted by atomic mass is 32.2. The van der Waals surface area contributed by atoms with Gasteiger partial charge in [0.05, 0.1) is 96.7 Å². The largest absolute Gasteiger partial charge is 0.401 e. The van der Waals surface area contributed by atoms with Gasteiger partial charge >= 0.3 is 8.60 Å². The standard InChI is InChI=1S/C32H47N7O5.C14H24NO6PS.C4H9NO.2C2H6.CH4O/c1-3-27(33)25-38(34)12-14-40-16-18-42-20-22-44-23-21-43-19-17-41-15-13-39-32-28-9-5-4-8-26(28)24-37(2)30-11-7-6-10-29(30)31(32)35-36-39;1-20-22(19)21-9-4-2-3-5-10-23-12-11-13(17)15(14(12)18)7-6-8-16;1-5-3-2-4-6;3*1-2/h4-11,25H,3,12-24,33-34H2,1-2H3;8,12,19H,2-7,9-11H2,1H3;4-5H,2-3H2,1H3;2*1-2H3;2H,1H3/b27-25-;;;;;. The summed E-state index contributed by atoms with van der Waals surface area (Å²) in [4.78, 5) is 56.2. The lowest BCUT2D eigenvalue weighted by Crippen LogP contribution is -2.32. The van der Waals surface area contributed by atoms with Crippen molar-refractivity contribution in [2.24, 2.45) is 11.6 Å². The summed E-state index contributed by atoms with van der Waals surface area (Å²) in [5.41, 5.74) is 13.0. The van der Waals surface area contributed by atoms with Gasteiger partial charge in [0.1, 0.15) is 18.3 Å². The number of hydrogen-bond acceptors (Lipinski definition) is 21. The van der Waals surface area contributed by atoms with E-state index in [9.17, 15) is 19.2 Å². The Kier molecular flexibility index (Phi) is 47.6. The summed E-state index contributed by atoms with van der Waals surface area (Å²) in [5.74, 6) is 6.31. The van der Waals surface area contributed by atoms with Crippen LogP contribution < -0.4 is 21.8 Å². The van der Waals surface area contributed by atoms with Crippen LogP contribution in [-0.4, -0.2) is 191 Å². The van der Waals surface area contributed by atoms with Gasteiger partial charge in [0.15, 0.2) is 0 Å². The lowest BCUT2D eigenvalue weighted by atomic mass is 9.96. The molecule has 5 rings (SSSR count). The number of thioether (sulfide) groups is 1. The number of carbonyl (C=O) groups excluding carboxylic acids is 4. The van der Waals surface area contributed by atoms with E-state index in [0.717, 1.165) is 105 Å². The summed E-state index contributed by atoms with van der Waals surface area (Å²) in [6.45, 7) is 18.5. The SMILES string of the molecule is CC.CC.CC/C(N)=C/N(N)CCOCCOCCOCCOCCOCCn1nnc2c1-c1ccccc1CN(C)c1ccccc1-2.CNCCC=O.CO.COP(O)OCCCCCCSC1CC(=O)N(CCC=O)C1=O. The van der Waals surface area contributed by atoms with Crippen LogP contribution in [0.15, 0.2) is 60.4 Å². The van der Waals surface area contributed by atoms with E-state index in [0.29, 0.717) is 92.2 Å². The third kappa shape index (κ3) is 31.9. The fourth-order valence-electron chi connectivity index (χ4n) is 7.21. The zero-order valence-corrected chi connectivity index (χ0v) is 50.4. The first-order valence-electron chi connectivity index (χ1n) is 27.4. The third-order valence-electron chi connectivity index (χ3n) is 11.1. The molecule has 0 radical (unpaired) electrons. The predicted octanol–water partition coefficient (Wildman–Crippen LogP) is 6.37. The van der Waals surface area contributed by atoms with Gasteiger partial charge in [-0.1, -0.05) is 95.1 Å². The molecule has 2 aliphatic rings. The molecule has 2 aliphatic heterocycles. The molecule has 2 atom stereocenters. The molecule has 450 valence electrons. The van der Waals surface area contributed by atoms with Crippen molar-refractivity contribution in [3.8, 4) is 22.5 Å². The number of nitrogens with two attached hydrogens (primary N) is 2. The highest BCUT2D eigenvalue weighted by molar-refractivity contribution is 8.00. The lowest BCUT2D eigenvalue weighted by Gasteiger charge is -2.26. The van der Waals surface area contributed by atoms with Crippen LogP contribution in [0.3, 0.4) is 0 Å². The first-order chi connectivity index (χ1) is 38.6. The van der Waals surface area contributed by atoms with E-state index < -0.39 is 8.60 Å². The van der Waals surface area contributed by atoms with Gasteiger partial charge in [-0.15, -0.1) is 16.9 Å². The van der Waals surface area contributed by atoms with Crippen LogP contribution in [0.25, 0.3) is 22.5 Å². The summed E-state index contributed by atoms with van der Waals surface area (Å²) in [6, 6.07) is 16.8. The smallest absolute Gasteiger partial charge is 0.329 e. The first kappa shape index (κ1) is 74.5. The number of aliphatic hydroxyl groups excluding tert-OH is 1. The van der Waals surface area contributed by atoms with Crippen molar-refractivity contribution in [3.05, 3.63) is 66.0 Å². The fourth-order valence-corrected chi connectivity index (χ4v) is 8.78. The van der Waals surface area contributed by atoms with E-state index in [1.165, 1.54) is 34.3 Å². The fraction of sp³-hybridized carbons (Fsp3) is 0.636. The number of aromatic nitrogens is 3. The Balaban J connectivity index is 0.00000145. The molecule has 0 bridgehead atoms. The first-order valence-corrected chi connectivity index (χ1v) is 29.5. The Labute approximate surface area is 476 Å². The topological polar surface area (TPSA) is 278 Å². The number of carbonyl (C=O) groups is 4. The molecule has 24 heteroatoms. The van der Waals surface area contributed by atoms with Crippen molar-refractivity contribution < 1.29 is 61.9 Å². The molecule has 79 heavy (non-hydrogen) atoms. The molecular weight excluding hydrogens is 1060 g/mol. The number of nitrogens with zero attached hydrogens (tertiary/aromatic N) is 6. The van der Waals surface area contributed by atoms with Gasteiger partial charge in [0.25, 0.3) is 0 Å². The van der Waals surface area contributed by atoms with Crippen LogP contribution in [0.4, 0.5) is 5.69 Å². The Morgan fingerprint density at radius 3 is 1.96 bits per heavy atom. The van der Waals surface area contributed by atoms with Gasteiger partial charge in [-0.2, -0.15) is 0 Å². The van der Waals surface area contributed by atoms with Crippen LogP contribution in [0.1, 0.15) is 91.5 Å². The van der Waals surface area contributed by atoms with Crippen molar-refractivity contribution in [3.63, 3.8) is 0 Å². The number of hydrogen-bond donors (Lipinski definition) is 5. The van der Waals surface area contributed by atoms with Crippen LogP contribution >= 0.6 is 20.4 Å². The Morgan fingerprint density at radius 1 is 0.810 bits per heavy atom. The molecule has 2 unspecified atom stereocenters. The normalized spacial score (nSPS) is 13.6. The molecule has 22 nitrogen and oxygen atoms in total. The Bertz CT molecular complexity index is 2040. The number of nitrogens with one attached hydrogen (secondary N) is 1. The number of aldehydes is 2. The number of anilines is 1. The number of allylic oxidation sites excluding steroid dienone is 1. The highest BCUT2D eigenvalue weighted by Crippen LogP contribution is 2.40. The molecule has 0 spiro atoms. The number of ether oxygens (including phenoxy) is 5. The average Bonchev–Trinajstić information content (AvgIpc) is 4.10. The van der Waals surface area contributed by atoms with Crippen molar-refractivity contribution in [2.75, 3.05) is 131 Å². The van der Waals surface area contributed by atoms with E-state index in [1.807, 2.05) is 52.4 Å². The second kappa shape index (κ2) is 50.5. The lowest BCUT2D eigenvalue weighted by molar-refractivity contribution is -0.138. The van der Waals surface area contributed by atoms with Crippen molar-refractivity contribution in [2.45, 2.75) is 104 Å². The summed E-state index contributed by atoms with van der Waals surface area (Å²) in [6.07, 6.45) is 8.99. The zero-order valence-electron chi connectivity index (χ0n) is 48.7. The van der Waals surface area contributed by atoms with Crippen LogP contribution in [0, 0.1) is 0 Å². The molecule has 0 saturated carbocycles. The van der Waals surface area contributed by atoms with E-state index in [2.05, 4.69) is 74.6 Å². The Hall–Kier alpha value is -4.46. The van der Waals surface area contributed by atoms with Crippen molar-refractivity contribution in [1.82, 2.24) is 30.2 Å². The van der Waals surface area contributed by atoms with Gasteiger partial charge in [-0.05, 0) is 43.7 Å². The highest BCUT2D eigenvalue weighted by Gasteiger charge is 2.38. The molecule has 1 fully saturated rings. The maximum Gasteiger partial charge on any atom is 0.329 e. The van der Waals surface area contributed by atoms with E-state index in [-0.39, 0.29) is 36.5 Å². The zero-order chi connectivity index (χ0) is 58.9.